The average Bonchev–Trinajstić information content (AvgIpc) is 2.04. The second kappa shape index (κ2) is 2.96. The van der Waals surface area contributed by atoms with Crippen molar-refractivity contribution in [3.05, 3.63) is 0 Å². The zero-order chi connectivity index (χ0) is 8.55. The van der Waals surface area contributed by atoms with Gasteiger partial charge in [-0.3, -0.25) is 14.4 Å². The summed E-state index contributed by atoms with van der Waals surface area (Å²) in [6, 6.07) is 0. The summed E-state index contributed by atoms with van der Waals surface area (Å²) in [6.07, 6.45) is 2.63. The van der Waals surface area contributed by atoms with Crippen molar-refractivity contribution in [3.8, 4) is 0 Å². The average molecular weight is 168 g/mol. The second-order valence-corrected chi connectivity index (χ2v) is 3.84. The Hall–Kier alpha value is -0.730. The minimum absolute atomic E-state index is 1.22. The van der Waals surface area contributed by atoms with Gasteiger partial charge in [0.05, 0.1) is 40.3 Å². The number of fused-ring (bicyclic) bond motifs is 1. The van der Waals surface area contributed by atoms with Gasteiger partial charge in [0, 0.05) is 12.8 Å². The van der Waals surface area contributed by atoms with E-state index in [-0.39, 0.29) is 0 Å². The smallest absolute Gasteiger partial charge is 0.267 e. The molecule has 0 aromatic carbocycles. The van der Waals surface area contributed by atoms with Gasteiger partial charge in [0.25, 0.3) is 0 Å². The van der Waals surface area contributed by atoms with Crippen LogP contribution in [0.25, 0.3) is 0 Å². The van der Waals surface area contributed by atoms with E-state index >= 15 is 0 Å². The van der Waals surface area contributed by atoms with Gasteiger partial charge in [-0.2, -0.15) is 0 Å². The molecule has 2 heterocycles. The molecule has 0 aromatic rings. The molecule has 2 rings (SSSR count). The quantitative estimate of drug-likeness (QED) is 0.472. The zero-order valence-electron chi connectivity index (χ0n) is 8.08. The summed E-state index contributed by atoms with van der Waals surface area (Å²) in [4.78, 5) is 4.88. The van der Waals surface area contributed by atoms with E-state index < -0.39 is 0 Å². The molecule has 1 fully saturated rings. The summed E-state index contributed by atoms with van der Waals surface area (Å²) in [7, 11) is 4.40. The normalized spacial score (nSPS) is 24.5. The van der Waals surface area contributed by atoms with Crippen LogP contribution in [-0.2, 0) is 0 Å². The Morgan fingerprint density at radius 3 is 2.67 bits per heavy atom. The van der Waals surface area contributed by atoms with Crippen LogP contribution in [0.2, 0.25) is 0 Å². The van der Waals surface area contributed by atoms with Gasteiger partial charge >= 0.3 is 5.96 Å². The first kappa shape index (κ1) is 7.90. The van der Waals surface area contributed by atoms with E-state index in [1.165, 1.54) is 45.0 Å². The second-order valence-electron chi connectivity index (χ2n) is 3.84. The molecule has 0 radical (unpaired) electrons. The van der Waals surface area contributed by atoms with Gasteiger partial charge in [0.15, 0.2) is 0 Å². The highest BCUT2D eigenvalue weighted by Gasteiger charge is 2.31. The summed E-state index contributed by atoms with van der Waals surface area (Å²) >= 11 is 0. The molecule has 0 aliphatic carbocycles. The van der Waals surface area contributed by atoms with E-state index in [2.05, 4.69) is 28.5 Å². The van der Waals surface area contributed by atoms with Crippen LogP contribution >= 0.6 is 0 Å². The Kier molecular flexibility index (Phi) is 1.95. The van der Waals surface area contributed by atoms with Crippen molar-refractivity contribution in [2.75, 3.05) is 40.3 Å². The van der Waals surface area contributed by atoms with Crippen LogP contribution in [0.15, 0.2) is 0 Å². The largest absolute Gasteiger partial charge is 0.350 e. The van der Waals surface area contributed by atoms with Crippen LogP contribution in [0.3, 0.4) is 0 Å². The lowest BCUT2D eigenvalue weighted by atomic mass is 10.2. The number of rotatable bonds is 0. The fourth-order valence-electron chi connectivity index (χ4n) is 2.28. The molecule has 0 spiro atoms. The molecule has 0 N–H and O–H groups in total. The molecule has 0 amide bonds. The van der Waals surface area contributed by atoms with Gasteiger partial charge in [0.1, 0.15) is 0 Å². The highest BCUT2D eigenvalue weighted by molar-refractivity contribution is 5.76. The molecule has 0 aromatic heterocycles. The van der Waals surface area contributed by atoms with Crippen LogP contribution in [0.5, 0.6) is 0 Å². The van der Waals surface area contributed by atoms with Crippen molar-refractivity contribution in [1.29, 1.82) is 0 Å². The molecular formula is C9H18N3+. The Morgan fingerprint density at radius 2 is 1.92 bits per heavy atom. The van der Waals surface area contributed by atoms with E-state index in [0.717, 1.165) is 0 Å². The van der Waals surface area contributed by atoms with Crippen LogP contribution in [0, 0.1) is 0 Å². The van der Waals surface area contributed by atoms with Crippen LogP contribution in [0.4, 0.5) is 0 Å². The number of nitrogens with zero attached hydrogens (tertiary/aromatic N) is 3. The van der Waals surface area contributed by atoms with Gasteiger partial charge in [0.2, 0.25) is 0 Å². The Morgan fingerprint density at radius 1 is 1.17 bits per heavy atom. The SMILES string of the molecule is CN1CCCN2CCC[N+](C)=C12. The van der Waals surface area contributed by atoms with E-state index in [1.807, 2.05) is 0 Å². The molecule has 2 aliphatic heterocycles. The zero-order valence-corrected chi connectivity index (χ0v) is 8.08. The monoisotopic (exact) mass is 168 g/mol. The highest BCUT2D eigenvalue weighted by atomic mass is 15.4. The van der Waals surface area contributed by atoms with Gasteiger partial charge < -0.3 is 0 Å². The van der Waals surface area contributed by atoms with Crippen LogP contribution in [-0.4, -0.2) is 60.6 Å². The van der Waals surface area contributed by atoms with Crippen molar-refractivity contribution in [3.63, 3.8) is 0 Å². The molecule has 0 atom stereocenters. The summed E-state index contributed by atoms with van der Waals surface area (Å²) in [6.45, 7) is 4.94. The molecule has 2 aliphatic rings. The van der Waals surface area contributed by atoms with Gasteiger partial charge in [-0.25, -0.2) is 0 Å². The first-order valence-corrected chi connectivity index (χ1v) is 4.83. The maximum atomic E-state index is 2.51. The third-order valence-electron chi connectivity index (χ3n) is 2.81. The van der Waals surface area contributed by atoms with Crippen molar-refractivity contribution >= 4 is 5.96 Å². The lowest BCUT2D eigenvalue weighted by molar-refractivity contribution is -0.515. The maximum absolute atomic E-state index is 2.51. The molecule has 1 saturated heterocycles. The summed E-state index contributed by atoms with van der Waals surface area (Å²) in [5, 5.41) is 0. The molecular weight excluding hydrogens is 150 g/mol. The minimum atomic E-state index is 1.22. The number of hydrogen-bond acceptors (Lipinski definition) is 2. The Labute approximate surface area is 74.3 Å². The standard InChI is InChI=1S/C9H18N3/c1-10-5-3-7-12-8-4-6-11(2)9(10)12/h3-8H2,1-2H3/q+1. The van der Waals surface area contributed by atoms with Crippen LogP contribution < -0.4 is 0 Å². The molecule has 3 heteroatoms. The first-order valence-electron chi connectivity index (χ1n) is 4.83. The van der Waals surface area contributed by atoms with E-state index in [4.69, 9.17) is 0 Å². The van der Waals surface area contributed by atoms with Crippen LogP contribution in [0.1, 0.15) is 12.8 Å². The van der Waals surface area contributed by atoms with Gasteiger partial charge in [-0.15, -0.1) is 0 Å². The van der Waals surface area contributed by atoms with Gasteiger partial charge in [-0.05, 0) is 0 Å². The van der Waals surface area contributed by atoms with E-state index in [1.54, 1.807) is 0 Å². The number of hydrogen-bond donors (Lipinski definition) is 0. The van der Waals surface area contributed by atoms with Crippen molar-refractivity contribution < 1.29 is 4.58 Å². The highest BCUT2D eigenvalue weighted by Crippen LogP contribution is 2.10. The Bertz CT molecular complexity index is 210. The predicted octanol–water partition coefficient (Wildman–Crippen LogP) is 0.0259. The molecule has 0 unspecified atom stereocenters. The number of guanidine groups is 1. The summed E-state index contributed by atoms with van der Waals surface area (Å²) in [5.74, 6) is 1.44. The van der Waals surface area contributed by atoms with Crippen molar-refractivity contribution in [2.45, 2.75) is 12.8 Å². The molecule has 12 heavy (non-hydrogen) atoms. The van der Waals surface area contributed by atoms with Crippen molar-refractivity contribution in [2.24, 2.45) is 0 Å². The topological polar surface area (TPSA) is 9.49 Å². The van der Waals surface area contributed by atoms with Gasteiger partial charge in [-0.1, -0.05) is 0 Å². The molecule has 68 valence electrons. The molecule has 0 saturated carbocycles. The lowest BCUT2D eigenvalue weighted by Gasteiger charge is -2.34. The summed E-state index contributed by atoms with van der Waals surface area (Å²) < 4.78 is 2.38. The fraction of sp³-hybridized carbons (Fsp3) is 0.889. The predicted molar refractivity (Wildman–Crippen MR) is 49.5 cm³/mol. The molecule has 0 bridgehead atoms. The van der Waals surface area contributed by atoms with Crippen molar-refractivity contribution in [1.82, 2.24) is 9.80 Å². The lowest BCUT2D eigenvalue weighted by Crippen LogP contribution is -2.55. The Balaban J connectivity index is 2.25. The third kappa shape index (κ3) is 1.17. The van der Waals surface area contributed by atoms with E-state index in [9.17, 15) is 0 Å². The third-order valence-corrected chi connectivity index (χ3v) is 2.81. The first-order chi connectivity index (χ1) is 5.79. The summed E-state index contributed by atoms with van der Waals surface area (Å²) in [5.41, 5.74) is 0. The molecule has 3 nitrogen and oxygen atoms in total. The fourth-order valence-corrected chi connectivity index (χ4v) is 2.28. The maximum Gasteiger partial charge on any atom is 0.350 e. The van der Waals surface area contributed by atoms with E-state index in [0.29, 0.717) is 0 Å². The minimum Gasteiger partial charge on any atom is -0.267 e.